The summed E-state index contributed by atoms with van der Waals surface area (Å²) in [5.74, 6) is 0. The van der Waals surface area contributed by atoms with E-state index < -0.39 is 6.10 Å². The predicted octanol–water partition coefficient (Wildman–Crippen LogP) is 1.75. The first-order valence-corrected chi connectivity index (χ1v) is 6.43. The van der Waals surface area contributed by atoms with Crippen LogP contribution in [0.25, 0.3) is 11.0 Å². The van der Waals surface area contributed by atoms with Gasteiger partial charge in [-0.2, -0.15) is 0 Å². The van der Waals surface area contributed by atoms with Gasteiger partial charge in [0.25, 0.3) is 0 Å². The van der Waals surface area contributed by atoms with Gasteiger partial charge in [-0.15, -0.1) is 0 Å². The zero-order valence-electron chi connectivity index (χ0n) is 11.8. The highest BCUT2D eigenvalue weighted by Crippen LogP contribution is 2.17. The Morgan fingerprint density at radius 2 is 1.90 bits per heavy atom. The Kier molecular flexibility index (Phi) is 4.14. The normalized spacial score (nSPS) is 12.2. The fourth-order valence-corrected chi connectivity index (χ4v) is 1.72. The Labute approximate surface area is 117 Å². The van der Waals surface area contributed by atoms with Crippen LogP contribution in [0, 0.1) is 13.8 Å². The van der Waals surface area contributed by atoms with Crippen molar-refractivity contribution in [2.75, 3.05) is 11.9 Å². The van der Waals surface area contributed by atoms with Crippen LogP contribution in [0.15, 0.2) is 18.2 Å². The Balaban J connectivity index is 2.15. The molecule has 0 bridgehead atoms. The van der Waals surface area contributed by atoms with E-state index in [4.69, 9.17) is 5.11 Å². The first-order valence-electron chi connectivity index (χ1n) is 6.43. The first kappa shape index (κ1) is 14.2. The van der Waals surface area contributed by atoms with Crippen molar-refractivity contribution < 1.29 is 9.90 Å². The van der Waals surface area contributed by atoms with Crippen molar-refractivity contribution in [3.05, 3.63) is 29.6 Å². The molecule has 0 fully saturated rings. The second-order valence-electron chi connectivity index (χ2n) is 4.78. The number of aromatic nitrogens is 2. The van der Waals surface area contributed by atoms with Crippen molar-refractivity contribution in [1.29, 1.82) is 0 Å². The highest BCUT2D eigenvalue weighted by molar-refractivity contribution is 5.91. The van der Waals surface area contributed by atoms with Gasteiger partial charge in [0.15, 0.2) is 0 Å². The van der Waals surface area contributed by atoms with E-state index in [-0.39, 0.29) is 12.6 Å². The smallest absolute Gasteiger partial charge is 0.319 e. The molecule has 0 spiro atoms. The lowest BCUT2D eigenvalue weighted by Crippen LogP contribution is -2.34. The number of aliphatic hydroxyl groups excluding tert-OH is 1. The summed E-state index contributed by atoms with van der Waals surface area (Å²) in [6.45, 7) is 5.63. The van der Waals surface area contributed by atoms with Crippen LogP contribution in [-0.4, -0.2) is 33.8 Å². The van der Waals surface area contributed by atoms with Crippen molar-refractivity contribution in [1.82, 2.24) is 15.3 Å². The molecule has 1 heterocycles. The maximum atomic E-state index is 11.6. The Morgan fingerprint density at radius 1 is 1.25 bits per heavy atom. The number of fused-ring (bicyclic) bond motifs is 1. The second-order valence-corrected chi connectivity index (χ2v) is 4.78. The Hall–Kier alpha value is -2.21. The van der Waals surface area contributed by atoms with E-state index >= 15 is 0 Å². The molecule has 1 atom stereocenters. The van der Waals surface area contributed by atoms with E-state index in [1.807, 2.05) is 19.9 Å². The molecular formula is C14H18N4O2. The van der Waals surface area contributed by atoms with E-state index in [9.17, 15) is 4.79 Å². The van der Waals surface area contributed by atoms with E-state index in [1.165, 1.54) is 0 Å². The molecule has 2 amide bonds. The van der Waals surface area contributed by atoms with Gasteiger partial charge in [-0.3, -0.25) is 0 Å². The number of amides is 2. The number of anilines is 1. The Bertz CT molecular complexity index is 640. The molecule has 0 aliphatic carbocycles. The molecule has 1 aromatic heterocycles. The van der Waals surface area contributed by atoms with Gasteiger partial charge in [0.2, 0.25) is 0 Å². The number of urea groups is 1. The summed E-state index contributed by atoms with van der Waals surface area (Å²) >= 11 is 0. The van der Waals surface area contributed by atoms with Crippen LogP contribution in [-0.2, 0) is 0 Å². The molecule has 20 heavy (non-hydrogen) atoms. The number of aryl methyl sites for hydroxylation is 2. The maximum Gasteiger partial charge on any atom is 0.319 e. The summed E-state index contributed by atoms with van der Waals surface area (Å²) in [6.07, 6.45) is -0.575. The van der Waals surface area contributed by atoms with E-state index in [2.05, 4.69) is 20.6 Å². The van der Waals surface area contributed by atoms with Gasteiger partial charge < -0.3 is 15.7 Å². The van der Waals surface area contributed by atoms with Crippen molar-refractivity contribution in [2.45, 2.75) is 26.9 Å². The molecule has 0 aliphatic rings. The number of nitrogens with one attached hydrogen (secondary N) is 2. The summed E-state index contributed by atoms with van der Waals surface area (Å²) in [4.78, 5) is 20.5. The van der Waals surface area contributed by atoms with E-state index in [0.29, 0.717) is 5.69 Å². The number of rotatable bonds is 3. The molecular weight excluding hydrogens is 256 g/mol. The predicted molar refractivity (Wildman–Crippen MR) is 77.7 cm³/mol. The number of benzene rings is 1. The summed E-state index contributed by atoms with van der Waals surface area (Å²) < 4.78 is 0. The van der Waals surface area contributed by atoms with Crippen LogP contribution in [0.2, 0.25) is 0 Å². The largest absolute Gasteiger partial charge is 0.392 e. The van der Waals surface area contributed by atoms with E-state index in [1.54, 1.807) is 19.1 Å². The third-order valence-corrected chi connectivity index (χ3v) is 2.89. The summed E-state index contributed by atoms with van der Waals surface area (Å²) in [7, 11) is 0. The number of aliphatic hydroxyl groups is 1. The lowest BCUT2D eigenvalue weighted by Gasteiger charge is -2.09. The highest BCUT2D eigenvalue weighted by Gasteiger charge is 2.06. The number of carbonyl (C=O) groups excluding carboxylic acids is 1. The zero-order valence-corrected chi connectivity index (χ0v) is 11.8. The highest BCUT2D eigenvalue weighted by atomic mass is 16.3. The van der Waals surface area contributed by atoms with Crippen molar-refractivity contribution in [3.63, 3.8) is 0 Å². The average molecular weight is 274 g/mol. The third-order valence-electron chi connectivity index (χ3n) is 2.89. The first-order chi connectivity index (χ1) is 9.45. The molecule has 3 N–H and O–H groups in total. The fraction of sp³-hybridized carbons (Fsp3) is 0.357. The molecule has 1 aromatic carbocycles. The fourth-order valence-electron chi connectivity index (χ4n) is 1.72. The molecule has 0 radical (unpaired) electrons. The van der Waals surface area contributed by atoms with Crippen molar-refractivity contribution in [2.24, 2.45) is 0 Å². The number of carbonyl (C=O) groups is 1. The van der Waals surface area contributed by atoms with Crippen LogP contribution in [0.5, 0.6) is 0 Å². The average Bonchev–Trinajstić information content (AvgIpc) is 2.38. The van der Waals surface area contributed by atoms with Gasteiger partial charge >= 0.3 is 6.03 Å². The van der Waals surface area contributed by atoms with Gasteiger partial charge in [0.05, 0.1) is 28.5 Å². The van der Waals surface area contributed by atoms with Crippen LogP contribution in [0.1, 0.15) is 18.3 Å². The Morgan fingerprint density at radius 3 is 2.55 bits per heavy atom. The lowest BCUT2D eigenvalue weighted by atomic mass is 10.2. The van der Waals surface area contributed by atoms with Gasteiger partial charge in [-0.1, -0.05) is 0 Å². The van der Waals surface area contributed by atoms with Crippen molar-refractivity contribution in [3.8, 4) is 0 Å². The minimum absolute atomic E-state index is 0.206. The quantitative estimate of drug-likeness (QED) is 0.795. The molecule has 1 unspecified atom stereocenters. The van der Waals surface area contributed by atoms with Crippen LogP contribution in [0.3, 0.4) is 0 Å². The molecule has 106 valence electrons. The van der Waals surface area contributed by atoms with Crippen LogP contribution in [0.4, 0.5) is 10.5 Å². The summed E-state index contributed by atoms with van der Waals surface area (Å²) in [6, 6.07) is 5.01. The minimum Gasteiger partial charge on any atom is -0.392 e. The lowest BCUT2D eigenvalue weighted by molar-refractivity contribution is 0.190. The van der Waals surface area contributed by atoms with E-state index in [0.717, 1.165) is 22.4 Å². The standard InChI is InChI=1S/C14H18N4O2/c1-8(19)7-15-14(20)18-11-4-5-12-13(6-11)17-10(3)9(2)16-12/h4-6,8,19H,7H2,1-3H3,(H2,15,18,20). The van der Waals surface area contributed by atoms with Gasteiger partial charge in [-0.05, 0) is 39.0 Å². The monoisotopic (exact) mass is 274 g/mol. The van der Waals surface area contributed by atoms with Crippen molar-refractivity contribution >= 4 is 22.8 Å². The second kappa shape index (κ2) is 5.83. The summed E-state index contributed by atoms with van der Waals surface area (Å²) in [5, 5.41) is 14.4. The maximum absolute atomic E-state index is 11.6. The molecule has 6 nitrogen and oxygen atoms in total. The molecule has 0 saturated carbocycles. The molecule has 2 aromatic rings. The van der Waals surface area contributed by atoms with Crippen LogP contribution < -0.4 is 10.6 Å². The molecule has 2 rings (SSSR count). The van der Waals surface area contributed by atoms with Gasteiger partial charge in [-0.25, -0.2) is 14.8 Å². The minimum atomic E-state index is -0.575. The number of hydrogen-bond donors (Lipinski definition) is 3. The third kappa shape index (κ3) is 3.42. The topological polar surface area (TPSA) is 87.1 Å². The van der Waals surface area contributed by atoms with Gasteiger partial charge in [0, 0.05) is 12.2 Å². The number of nitrogens with zero attached hydrogens (tertiary/aromatic N) is 2. The SMILES string of the molecule is Cc1nc2ccc(NC(=O)NCC(C)O)cc2nc1C. The molecule has 6 heteroatoms. The van der Waals surface area contributed by atoms with Gasteiger partial charge in [0.1, 0.15) is 0 Å². The summed E-state index contributed by atoms with van der Waals surface area (Å²) in [5.41, 5.74) is 3.93. The molecule has 0 saturated heterocycles. The molecule has 0 aliphatic heterocycles. The zero-order chi connectivity index (χ0) is 14.7. The number of hydrogen-bond acceptors (Lipinski definition) is 4. The van der Waals surface area contributed by atoms with Crippen LogP contribution >= 0.6 is 0 Å².